The van der Waals surface area contributed by atoms with Gasteiger partial charge in [0.25, 0.3) is 5.56 Å². The molecule has 0 amide bonds. The fourth-order valence-electron chi connectivity index (χ4n) is 2.51. The molecule has 1 unspecified atom stereocenters. The van der Waals surface area contributed by atoms with Gasteiger partial charge in [0, 0.05) is 35.8 Å². The molecule has 0 fully saturated rings. The fourth-order valence-corrected chi connectivity index (χ4v) is 3.48. The average molecular weight is 327 g/mol. The summed E-state index contributed by atoms with van der Waals surface area (Å²) >= 11 is 7.14. The monoisotopic (exact) mass is 326 g/mol. The summed E-state index contributed by atoms with van der Waals surface area (Å²) in [5.74, 6) is 0.351. The molecule has 0 N–H and O–H groups in total. The summed E-state index contributed by atoms with van der Waals surface area (Å²) in [5, 5.41) is 11.2. The summed E-state index contributed by atoms with van der Waals surface area (Å²) in [5.41, 5.74) is -0.290. The molecule has 2 aromatic rings. The number of halogens is 1. The van der Waals surface area contributed by atoms with Gasteiger partial charge in [0.2, 0.25) is 0 Å². The van der Waals surface area contributed by atoms with Gasteiger partial charge in [-0.05, 0) is 6.92 Å². The smallest absolute Gasteiger partial charge is 0.310 e. The molecule has 0 saturated carbocycles. The number of thiazole rings is 1. The highest BCUT2D eigenvalue weighted by atomic mass is 35.5. The molecular weight excluding hydrogens is 316 g/mol. The highest BCUT2D eigenvalue weighted by molar-refractivity contribution is 7.15. The van der Waals surface area contributed by atoms with Crippen LogP contribution in [0.4, 0.5) is 11.5 Å². The van der Waals surface area contributed by atoms with Crippen LogP contribution in [0.2, 0.25) is 4.47 Å². The van der Waals surface area contributed by atoms with Crippen LogP contribution in [0, 0.1) is 10.1 Å². The molecule has 0 saturated heterocycles. The Labute approximate surface area is 128 Å². The number of hydrogen-bond donors (Lipinski definition) is 0. The lowest BCUT2D eigenvalue weighted by atomic mass is 10.3. The maximum atomic E-state index is 11.9. The molecule has 2 aromatic heterocycles. The SMILES string of the molecule is CC1Cn2c(c([N+](=O)[O-])ccc2=O)N1Cc1cnc(Cl)s1. The van der Waals surface area contributed by atoms with E-state index in [4.69, 9.17) is 11.6 Å². The van der Waals surface area contributed by atoms with Crippen molar-refractivity contribution in [1.29, 1.82) is 0 Å². The number of hydrogen-bond acceptors (Lipinski definition) is 6. The summed E-state index contributed by atoms with van der Waals surface area (Å²) in [6, 6.07) is 2.49. The van der Waals surface area contributed by atoms with E-state index in [0.717, 1.165) is 4.88 Å². The molecule has 0 radical (unpaired) electrons. The number of fused-ring (bicyclic) bond motifs is 1. The van der Waals surface area contributed by atoms with Crippen LogP contribution in [0.3, 0.4) is 0 Å². The third-order valence-electron chi connectivity index (χ3n) is 3.43. The normalized spacial score (nSPS) is 17.0. The Morgan fingerprint density at radius 3 is 2.95 bits per heavy atom. The van der Waals surface area contributed by atoms with Gasteiger partial charge in [-0.15, -0.1) is 11.3 Å². The van der Waals surface area contributed by atoms with E-state index in [9.17, 15) is 14.9 Å². The predicted octanol–water partition coefficient (Wildman–Crippen LogP) is 2.28. The topological polar surface area (TPSA) is 81.3 Å². The molecule has 0 spiro atoms. The number of rotatable bonds is 3. The number of pyridine rings is 1. The lowest BCUT2D eigenvalue weighted by molar-refractivity contribution is -0.384. The van der Waals surface area contributed by atoms with Gasteiger partial charge < -0.3 is 4.90 Å². The van der Waals surface area contributed by atoms with Crippen LogP contribution in [-0.4, -0.2) is 20.5 Å². The van der Waals surface area contributed by atoms with Crippen LogP contribution in [0.1, 0.15) is 11.8 Å². The quantitative estimate of drug-likeness (QED) is 0.638. The third kappa shape index (κ3) is 2.40. The van der Waals surface area contributed by atoms with Crippen LogP contribution in [-0.2, 0) is 13.1 Å². The Balaban J connectivity index is 2.07. The molecule has 3 rings (SSSR count). The van der Waals surface area contributed by atoms with E-state index >= 15 is 0 Å². The van der Waals surface area contributed by atoms with Crippen LogP contribution in [0.15, 0.2) is 23.1 Å². The lowest BCUT2D eigenvalue weighted by Crippen LogP contribution is -2.28. The zero-order valence-electron chi connectivity index (χ0n) is 11.0. The highest BCUT2D eigenvalue weighted by Crippen LogP contribution is 2.35. The Kier molecular flexibility index (Phi) is 3.42. The van der Waals surface area contributed by atoms with Gasteiger partial charge in [0.05, 0.1) is 11.5 Å². The highest BCUT2D eigenvalue weighted by Gasteiger charge is 2.34. The second kappa shape index (κ2) is 5.12. The van der Waals surface area contributed by atoms with Crippen LogP contribution in [0.5, 0.6) is 0 Å². The minimum atomic E-state index is -0.462. The van der Waals surface area contributed by atoms with Crippen molar-refractivity contribution in [2.45, 2.75) is 26.1 Å². The van der Waals surface area contributed by atoms with Gasteiger partial charge in [-0.2, -0.15) is 0 Å². The summed E-state index contributed by atoms with van der Waals surface area (Å²) in [4.78, 5) is 29.4. The van der Waals surface area contributed by atoms with Crippen molar-refractivity contribution >= 4 is 34.4 Å². The molecule has 110 valence electrons. The molecule has 21 heavy (non-hydrogen) atoms. The van der Waals surface area contributed by atoms with Gasteiger partial charge in [-0.3, -0.25) is 19.5 Å². The lowest BCUT2D eigenvalue weighted by Gasteiger charge is -2.21. The Morgan fingerprint density at radius 2 is 2.33 bits per heavy atom. The Hall–Kier alpha value is -1.93. The van der Waals surface area contributed by atoms with Crippen molar-refractivity contribution in [2.75, 3.05) is 4.90 Å². The largest absolute Gasteiger partial charge is 0.343 e. The van der Waals surface area contributed by atoms with Gasteiger partial charge in [-0.25, -0.2) is 4.98 Å². The van der Waals surface area contributed by atoms with E-state index in [2.05, 4.69) is 4.98 Å². The predicted molar refractivity (Wildman–Crippen MR) is 80.1 cm³/mol. The van der Waals surface area contributed by atoms with Crippen LogP contribution >= 0.6 is 22.9 Å². The second-order valence-corrected chi connectivity index (χ2v) is 6.50. The Morgan fingerprint density at radius 1 is 1.57 bits per heavy atom. The molecule has 0 aromatic carbocycles. The third-order valence-corrected chi connectivity index (χ3v) is 4.53. The summed E-state index contributed by atoms with van der Waals surface area (Å²) < 4.78 is 1.88. The zero-order valence-corrected chi connectivity index (χ0v) is 12.6. The van der Waals surface area contributed by atoms with Crippen molar-refractivity contribution in [3.8, 4) is 0 Å². The standard InChI is InChI=1S/C12H11ClN4O3S/c1-7-5-16-10(18)3-2-9(17(19)20)11(16)15(7)6-8-4-14-12(13)21-8/h2-4,7H,5-6H2,1H3. The van der Waals surface area contributed by atoms with E-state index in [1.807, 2.05) is 11.8 Å². The molecule has 3 heterocycles. The van der Waals surface area contributed by atoms with Crippen LogP contribution in [0.25, 0.3) is 0 Å². The van der Waals surface area contributed by atoms with E-state index in [1.54, 1.807) is 6.20 Å². The van der Waals surface area contributed by atoms with Gasteiger partial charge in [-0.1, -0.05) is 11.6 Å². The summed E-state index contributed by atoms with van der Waals surface area (Å²) in [7, 11) is 0. The molecule has 1 aliphatic heterocycles. The fraction of sp³-hybridized carbons (Fsp3) is 0.333. The molecule has 1 atom stereocenters. The molecular formula is C12H11ClN4O3S. The van der Waals surface area contributed by atoms with E-state index < -0.39 is 4.92 Å². The first-order valence-electron chi connectivity index (χ1n) is 6.22. The van der Waals surface area contributed by atoms with Crippen LogP contribution < -0.4 is 10.5 Å². The first kappa shape index (κ1) is 14.0. The molecule has 0 aliphatic carbocycles. The van der Waals surface area contributed by atoms with Crippen molar-refractivity contribution in [3.05, 3.63) is 48.1 Å². The van der Waals surface area contributed by atoms with Gasteiger partial charge >= 0.3 is 5.69 Å². The number of nitro groups is 1. The van der Waals surface area contributed by atoms with Gasteiger partial charge in [0.1, 0.15) is 0 Å². The minimum Gasteiger partial charge on any atom is -0.343 e. The number of anilines is 1. The van der Waals surface area contributed by atoms with Crippen molar-refractivity contribution in [3.63, 3.8) is 0 Å². The van der Waals surface area contributed by atoms with E-state index in [1.165, 1.54) is 28.0 Å². The van der Waals surface area contributed by atoms with Crippen molar-refractivity contribution in [1.82, 2.24) is 9.55 Å². The summed E-state index contributed by atoms with van der Waals surface area (Å²) in [6.07, 6.45) is 1.65. The molecule has 0 bridgehead atoms. The minimum absolute atomic E-state index is 0.0142. The maximum absolute atomic E-state index is 11.9. The van der Waals surface area contributed by atoms with Gasteiger partial charge in [0.15, 0.2) is 10.3 Å². The Bertz CT molecular complexity index is 772. The first-order valence-corrected chi connectivity index (χ1v) is 7.42. The summed E-state index contributed by atoms with van der Waals surface area (Å²) in [6.45, 7) is 2.80. The molecule has 9 heteroatoms. The number of nitrogens with zero attached hydrogens (tertiary/aromatic N) is 4. The van der Waals surface area contributed by atoms with E-state index in [0.29, 0.717) is 23.4 Å². The average Bonchev–Trinajstić information content (AvgIpc) is 2.96. The zero-order chi connectivity index (χ0) is 15.1. The van der Waals surface area contributed by atoms with E-state index in [-0.39, 0.29) is 17.3 Å². The second-order valence-electron chi connectivity index (χ2n) is 4.80. The number of aromatic nitrogens is 2. The van der Waals surface area contributed by atoms with Crippen molar-refractivity contribution in [2.24, 2.45) is 0 Å². The maximum Gasteiger partial charge on any atom is 0.310 e. The molecule has 1 aliphatic rings. The first-order chi connectivity index (χ1) is 9.97. The van der Waals surface area contributed by atoms with Crippen molar-refractivity contribution < 1.29 is 4.92 Å². The molecule has 7 nitrogen and oxygen atoms in total.